The van der Waals surface area contributed by atoms with Crippen molar-refractivity contribution in [3.05, 3.63) is 41.5 Å². The molecule has 0 spiro atoms. The maximum Gasteiger partial charge on any atom is 0.136 e. The van der Waals surface area contributed by atoms with Crippen molar-refractivity contribution in [2.75, 3.05) is 6.54 Å². The third kappa shape index (κ3) is 2.85. The summed E-state index contributed by atoms with van der Waals surface area (Å²) in [6.07, 6.45) is 7.37. The van der Waals surface area contributed by atoms with Crippen molar-refractivity contribution in [1.82, 2.24) is 4.98 Å². The summed E-state index contributed by atoms with van der Waals surface area (Å²) in [7, 11) is -1.44. The van der Waals surface area contributed by atoms with Crippen LogP contribution in [0.4, 0.5) is 0 Å². The van der Waals surface area contributed by atoms with E-state index in [1.54, 1.807) is 5.56 Å². The van der Waals surface area contributed by atoms with Gasteiger partial charge in [-0.05, 0) is 36.2 Å². The van der Waals surface area contributed by atoms with Gasteiger partial charge >= 0.3 is 0 Å². The zero-order valence-corrected chi connectivity index (χ0v) is 13.6. The van der Waals surface area contributed by atoms with Gasteiger partial charge < -0.3 is 4.98 Å². The Hall–Kier alpha value is -0.863. The molecule has 1 aliphatic rings. The molecule has 0 saturated heterocycles. The minimum Gasteiger partial charge on any atom is -0.336 e. The molecule has 1 N–H and O–H groups in total. The Labute approximate surface area is 119 Å². The molecule has 0 aliphatic heterocycles. The van der Waals surface area contributed by atoms with Gasteiger partial charge in [0.25, 0.3) is 0 Å². The Morgan fingerprint density at radius 1 is 1.11 bits per heavy atom. The molecule has 1 unspecified atom stereocenters. The first-order valence-electron chi connectivity index (χ1n) is 7.79. The van der Waals surface area contributed by atoms with Gasteiger partial charge in [-0.2, -0.15) is 0 Å². The van der Waals surface area contributed by atoms with Gasteiger partial charge in [0.1, 0.15) is 8.24 Å². The molecule has 2 rings (SSSR count). The average Bonchev–Trinajstić information content (AvgIpc) is 2.89. The first kappa shape index (κ1) is 14.5. The zero-order chi connectivity index (χ0) is 13.7. The van der Waals surface area contributed by atoms with Crippen molar-refractivity contribution in [3.8, 4) is 0 Å². The summed E-state index contributed by atoms with van der Waals surface area (Å²) in [6.45, 7) is 8.22. The second kappa shape index (κ2) is 6.53. The molecule has 1 aliphatic carbocycles. The summed E-state index contributed by atoms with van der Waals surface area (Å²) in [5, 5.41) is 0. The highest BCUT2D eigenvalue weighted by Gasteiger charge is 2.39. The van der Waals surface area contributed by atoms with Gasteiger partial charge in [0.15, 0.2) is 0 Å². The van der Waals surface area contributed by atoms with E-state index in [-0.39, 0.29) is 0 Å². The molecule has 0 bridgehead atoms. The number of unbranched alkanes of at least 4 members (excludes halogenated alkanes) is 1. The van der Waals surface area contributed by atoms with Crippen LogP contribution in [-0.2, 0) is 0 Å². The van der Waals surface area contributed by atoms with E-state index in [9.17, 15) is 0 Å². The van der Waals surface area contributed by atoms with Crippen LogP contribution in [0.3, 0.4) is 0 Å². The zero-order valence-electron chi connectivity index (χ0n) is 12.6. The smallest absolute Gasteiger partial charge is 0.136 e. The summed E-state index contributed by atoms with van der Waals surface area (Å²) in [5.74, 6) is 0. The summed E-state index contributed by atoms with van der Waals surface area (Å²) >= 11 is 0. The molecule has 0 aromatic heterocycles. The number of hydrogen-bond donors (Lipinski definition) is 1. The molecule has 0 amide bonds. The van der Waals surface area contributed by atoms with Gasteiger partial charge in [-0.1, -0.05) is 63.6 Å². The van der Waals surface area contributed by atoms with Crippen LogP contribution in [-0.4, -0.2) is 14.8 Å². The standard InChI is InChI=1S/C17H27NSi/c1-4-7-14-18-19(5-2,6-3)17-13-12-15-10-8-9-11-16(15)17/h8-13,17-18H,4-7,14H2,1-3H3. The molecule has 0 fully saturated rings. The van der Waals surface area contributed by atoms with E-state index >= 15 is 0 Å². The largest absolute Gasteiger partial charge is 0.336 e. The lowest BCUT2D eigenvalue weighted by Crippen LogP contribution is -2.54. The summed E-state index contributed by atoms with van der Waals surface area (Å²) < 4.78 is 0. The number of benzene rings is 1. The molecule has 19 heavy (non-hydrogen) atoms. The van der Waals surface area contributed by atoms with Gasteiger partial charge in [-0.25, -0.2) is 0 Å². The van der Waals surface area contributed by atoms with Crippen LogP contribution in [0.15, 0.2) is 30.3 Å². The Bertz CT molecular complexity index is 435. The fourth-order valence-corrected chi connectivity index (χ4v) is 7.39. The van der Waals surface area contributed by atoms with Crippen molar-refractivity contribution in [2.24, 2.45) is 0 Å². The number of hydrogen-bond acceptors (Lipinski definition) is 1. The lowest BCUT2D eigenvalue weighted by atomic mass is 10.1. The number of fused-ring (bicyclic) bond motifs is 1. The molecule has 1 aromatic carbocycles. The third-order valence-electron chi connectivity index (χ3n) is 4.66. The second-order valence-corrected chi connectivity index (χ2v) is 10.3. The Kier molecular flexibility index (Phi) is 5.00. The third-order valence-corrected chi connectivity index (χ3v) is 9.84. The van der Waals surface area contributed by atoms with Gasteiger partial charge in [0.2, 0.25) is 0 Å². The van der Waals surface area contributed by atoms with Crippen LogP contribution >= 0.6 is 0 Å². The molecular weight excluding hydrogens is 246 g/mol. The SMILES string of the molecule is CCCCN[Si](CC)(CC)C1C=Cc2ccccc21. The first-order valence-corrected chi connectivity index (χ1v) is 10.3. The average molecular weight is 273 g/mol. The van der Waals surface area contributed by atoms with Crippen LogP contribution in [0.5, 0.6) is 0 Å². The van der Waals surface area contributed by atoms with Gasteiger partial charge in [-0.15, -0.1) is 0 Å². The van der Waals surface area contributed by atoms with E-state index in [2.05, 4.69) is 62.2 Å². The van der Waals surface area contributed by atoms with E-state index in [0.29, 0.717) is 5.54 Å². The molecule has 1 atom stereocenters. The van der Waals surface area contributed by atoms with Crippen molar-refractivity contribution in [2.45, 2.75) is 51.2 Å². The lowest BCUT2D eigenvalue weighted by Gasteiger charge is -2.36. The van der Waals surface area contributed by atoms with Crippen LogP contribution in [0.25, 0.3) is 6.08 Å². The topological polar surface area (TPSA) is 12.0 Å². The highest BCUT2D eigenvalue weighted by atomic mass is 28.3. The van der Waals surface area contributed by atoms with Crippen LogP contribution in [0, 0.1) is 0 Å². The Morgan fingerprint density at radius 2 is 1.84 bits per heavy atom. The summed E-state index contributed by atoms with van der Waals surface area (Å²) in [4.78, 5) is 4.00. The van der Waals surface area contributed by atoms with E-state index in [0.717, 1.165) is 0 Å². The predicted molar refractivity (Wildman–Crippen MR) is 87.8 cm³/mol. The number of nitrogens with one attached hydrogen (secondary N) is 1. The molecule has 104 valence electrons. The summed E-state index contributed by atoms with van der Waals surface area (Å²) in [5.41, 5.74) is 3.65. The second-order valence-electron chi connectivity index (χ2n) is 5.61. The Morgan fingerprint density at radius 3 is 2.53 bits per heavy atom. The Balaban J connectivity index is 2.23. The van der Waals surface area contributed by atoms with Crippen LogP contribution in [0.2, 0.25) is 12.1 Å². The van der Waals surface area contributed by atoms with E-state index in [1.807, 2.05) is 0 Å². The quantitative estimate of drug-likeness (QED) is 0.560. The predicted octanol–water partition coefficient (Wildman–Crippen LogP) is 4.71. The van der Waals surface area contributed by atoms with E-state index in [4.69, 9.17) is 0 Å². The fourth-order valence-electron chi connectivity index (χ4n) is 3.30. The maximum atomic E-state index is 4.00. The maximum absolute atomic E-state index is 4.00. The van der Waals surface area contributed by atoms with Gasteiger partial charge in [-0.3, -0.25) is 0 Å². The highest BCUT2D eigenvalue weighted by molar-refractivity contribution is 6.79. The van der Waals surface area contributed by atoms with Crippen molar-refractivity contribution >= 4 is 14.3 Å². The van der Waals surface area contributed by atoms with Crippen LogP contribution in [0.1, 0.15) is 50.3 Å². The van der Waals surface area contributed by atoms with Gasteiger partial charge in [0, 0.05) is 5.54 Å². The molecule has 1 nitrogen and oxygen atoms in total. The fraction of sp³-hybridized carbons (Fsp3) is 0.529. The molecule has 1 aromatic rings. The van der Waals surface area contributed by atoms with Gasteiger partial charge in [0.05, 0.1) is 0 Å². The van der Waals surface area contributed by atoms with Crippen molar-refractivity contribution in [1.29, 1.82) is 0 Å². The van der Waals surface area contributed by atoms with E-state index in [1.165, 1.54) is 37.0 Å². The highest BCUT2D eigenvalue weighted by Crippen LogP contribution is 2.39. The summed E-state index contributed by atoms with van der Waals surface area (Å²) in [6, 6.07) is 11.6. The van der Waals surface area contributed by atoms with Crippen molar-refractivity contribution in [3.63, 3.8) is 0 Å². The minimum absolute atomic E-state index is 0.663. The lowest BCUT2D eigenvalue weighted by molar-refractivity contribution is 0.736. The molecule has 0 saturated carbocycles. The van der Waals surface area contributed by atoms with Crippen LogP contribution < -0.4 is 4.98 Å². The minimum atomic E-state index is -1.44. The monoisotopic (exact) mass is 273 g/mol. The van der Waals surface area contributed by atoms with E-state index < -0.39 is 8.24 Å². The normalized spacial score (nSPS) is 17.7. The number of rotatable bonds is 7. The molecular formula is C17H27NSi. The number of allylic oxidation sites excluding steroid dienone is 1. The molecule has 0 radical (unpaired) electrons. The first-order chi connectivity index (χ1) is 9.27. The molecule has 2 heteroatoms. The molecule has 0 heterocycles. The van der Waals surface area contributed by atoms with Crippen molar-refractivity contribution < 1.29 is 0 Å².